The summed E-state index contributed by atoms with van der Waals surface area (Å²) in [6.07, 6.45) is 4.67. The lowest BCUT2D eigenvalue weighted by atomic mass is 9.52. The summed E-state index contributed by atoms with van der Waals surface area (Å²) >= 11 is 10.3. The highest BCUT2D eigenvalue weighted by molar-refractivity contribution is 9.09. The molecule has 0 heterocycles. The highest BCUT2D eigenvalue weighted by Crippen LogP contribution is 2.60. The predicted molar refractivity (Wildman–Crippen MR) is 81.4 cm³/mol. The van der Waals surface area contributed by atoms with Crippen LogP contribution in [-0.4, -0.2) is 20.4 Å². The summed E-state index contributed by atoms with van der Waals surface area (Å²) in [6, 6.07) is 0. The van der Waals surface area contributed by atoms with Crippen LogP contribution in [0.1, 0.15) is 52.9 Å². The van der Waals surface area contributed by atoms with E-state index in [0.717, 1.165) is 32.1 Å². The molecule has 3 heteroatoms. The van der Waals surface area contributed by atoms with Gasteiger partial charge in [0, 0.05) is 10.2 Å². The molecule has 0 aromatic carbocycles. The summed E-state index contributed by atoms with van der Waals surface area (Å²) in [5.41, 5.74) is 0.429. The molecule has 0 radical (unpaired) electrons. The largest absolute Gasteiger partial charge is 0.389 e. The first-order chi connectivity index (χ1) is 8.12. The smallest absolute Gasteiger partial charge is 0.0713 e. The van der Waals surface area contributed by atoms with E-state index in [1.165, 1.54) is 5.57 Å². The molecule has 0 aromatic heterocycles. The molecular formula is C15H24BrClO. The van der Waals surface area contributed by atoms with Crippen LogP contribution in [0.3, 0.4) is 0 Å². The number of hydrogen-bond donors (Lipinski definition) is 1. The van der Waals surface area contributed by atoms with Gasteiger partial charge in [-0.25, -0.2) is 0 Å². The third-order valence-corrected chi connectivity index (χ3v) is 7.58. The van der Waals surface area contributed by atoms with Crippen molar-refractivity contribution < 1.29 is 5.11 Å². The third kappa shape index (κ3) is 2.09. The van der Waals surface area contributed by atoms with Gasteiger partial charge in [0.2, 0.25) is 0 Å². The summed E-state index contributed by atoms with van der Waals surface area (Å²) in [6.45, 7) is 10.6. The second-order valence-corrected chi connectivity index (χ2v) is 8.74. The second-order valence-electron chi connectivity index (χ2n) is 6.77. The molecule has 1 nitrogen and oxygen atoms in total. The molecule has 2 fully saturated rings. The normalized spacial score (nSPS) is 53.8. The number of rotatable bonds is 0. The molecule has 2 aliphatic rings. The average molecular weight is 336 g/mol. The van der Waals surface area contributed by atoms with Crippen LogP contribution in [0.5, 0.6) is 0 Å². The number of aliphatic hydroxyl groups is 1. The van der Waals surface area contributed by atoms with Crippen molar-refractivity contribution in [1.29, 1.82) is 0 Å². The Labute approximate surface area is 124 Å². The molecule has 0 aliphatic heterocycles. The van der Waals surface area contributed by atoms with E-state index in [4.69, 9.17) is 11.6 Å². The average Bonchev–Trinajstić information content (AvgIpc) is 2.27. The van der Waals surface area contributed by atoms with E-state index in [9.17, 15) is 5.11 Å². The topological polar surface area (TPSA) is 20.2 Å². The van der Waals surface area contributed by atoms with E-state index < -0.39 is 5.60 Å². The van der Waals surface area contributed by atoms with Gasteiger partial charge in [-0.1, -0.05) is 35.0 Å². The van der Waals surface area contributed by atoms with Crippen LogP contribution in [0.15, 0.2) is 12.2 Å². The fourth-order valence-electron chi connectivity index (χ4n) is 3.74. The molecule has 1 N–H and O–H groups in total. The molecule has 2 rings (SSSR count). The summed E-state index contributed by atoms with van der Waals surface area (Å²) in [5.74, 6) is 0.504. The van der Waals surface area contributed by atoms with Crippen molar-refractivity contribution in [2.75, 3.05) is 0 Å². The van der Waals surface area contributed by atoms with Gasteiger partial charge < -0.3 is 5.11 Å². The first-order valence-corrected chi connectivity index (χ1v) is 8.16. The Kier molecular flexibility index (Phi) is 3.71. The monoisotopic (exact) mass is 334 g/mol. The Balaban J connectivity index is 2.36. The minimum absolute atomic E-state index is 0.159. The van der Waals surface area contributed by atoms with Crippen LogP contribution in [0, 0.1) is 11.3 Å². The number of halogens is 2. The molecule has 0 bridgehead atoms. The van der Waals surface area contributed by atoms with Crippen molar-refractivity contribution >= 4 is 27.5 Å². The van der Waals surface area contributed by atoms with Crippen molar-refractivity contribution in [2.24, 2.45) is 11.3 Å². The lowest BCUT2D eigenvalue weighted by Crippen LogP contribution is -2.57. The van der Waals surface area contributed by atoms with Gasteiger partial charge in [-0.2, -0.15) is 0 Å². The molecule has 0 amide bonds. The Morgan fingerprint density at radius 3 is 2.50 bits per heavy atom. The Hall–Kier alpha value is 0.470. The molecule has 3 unspecified atom stereocenters. The van der Waals surface area contributed by atoms with Crippen LogP contribution in [0.25, 0.3) is 0 Å². The van der Waals surface area contributed by atoms with Crippen molar-refractivity contribution in [2.45, 2.75) is 68.2 Å². The first-order valence-electron chi connectivity index (χ1n) is 6.87. The first kappa shape index (κ1) is 14.9. The molecule has 1 spiro atoms. The summed E-state index contributed by atoms with van der Waals surface area (Å²) in [7, 11) is 0. The minimum atomic E-state index is -0.643. The lowest BCUT2D eigenvalue weighted by Gasteiger charge is -2.57. The van der Waals surface area contributed by atoms with E-state index in [-0.39, 0.29) is 15.1 Å². The van der Waals surface area contributed by atoms with Gasteiger partial charge in [-0.05, 0) is 51.9 Å². The van der Waals surface area contributed by atoms with Crippen molar-refractivity contribution in [3.05, 3.63) is 12.2 Å². The third-order valence-electron chi connectivity index (χ3n) is 5.53. The quantitative estimate of drug-likeness (QED) is 0.504. The Morgan fingerprint density at radius 2 is 1.94 bits per heavy atom. The van der Waals surface area contributed by atoms with E-state index in [1.807, 2.05) is 6.92 Å². The number of hydrogen-bond acceptors (Lipinski definition) is 1. The van der Waals surface area contributed by atoms with Gasteiger partial charge in [0.1, 0.15) is 0 Å². The maximum Gasteiger partial charge on any atom is 0.0713 e. The molecule has 0 saturated heterocycles. The van der Waals surface area contributed by atoms with Gasteiger partial charge in [0.25, 0.3) is 0 Å². The van der Waals surface area contributed by atoms with Crippen molar-refractivity contribution in [3.63, 3.8) is 0 Å². The molecule has 0 aromatic rings. The fraction of sp³-hybridized carbons (Fsp3) is 0.867. The zero-order valence-corrected chi connectivity index (χ0v) is 13.9. The second kappa shape index (κ2) is 4.49. The van der Waals surface area contributed by atoms with Crippen molar-refractivity contribution in [1.82, 2.24) is 0 Å². The zero-order valence-electron chi connectivity index (χ0n) is 11.6. The van der Waals surface area contributed by atoms with Crippen LogP contribution in [0.2, 0.25) is 0 Å². The van der Waals surface area contributed by atoms with Crippen LogP contribution >= 0.6 is 27.5 Å². The van der Waals surface area contributed by atoms with Crippen molar-refractivity contribution in [3.8, 4) is 0 Å². The van der Waals surface area contributed by atoms with Crippen LogP contribution in [-0.2, 0) is 0 Å². The predicted octanol–water partition coefficient (Wildman–Crippen LogP) is 4.65. The van der Waals surface area contributed by atoms with E-state index in [1.54, 1.807) is 0 Å². The Bertz CT molecular complexity index is 364. The highest BCUT2D eigenvalue weighted by Gasteiger charge is 2.57. The Morgan fingerprint density at radius 1 is 1.33 bits per heavy atom. The lowest BCUT2D eigenvalue weighted by molar-refractivity contribution is -0.0975. The maximum atomic E-state index is 10.9. The summed E-state index contributed by atoms with van der Waals surface area (Å²) in [4.78, 5) is 0.0244. The van der Waals surface area contributed by atoms with Gasteiger partial charge in [-0.3, -0.25) is 0 Å². The fourth-order valence-corrected chi connectivity index (χ4v) is 4.70. The highest BCUT2D eigenvalue weighted by atomic mass is 79.9. The van der Waals surface area contributed by atoms with Crippen LogP contribution in [0.4, 0.5) is 0 Å². The van der Waals surface area contributed by atoms with E-state index in [0.29, 0.717) is 5.92 Å². The molecular weight excluding hydrogens is 312 g/mol. The van der Waals surface area contributed by atoms with Gasteiger partial charge in [0.15, 0.2) is 0 Å². The molecule has 104 valence electrons. The van der Waals surface area contributed by atoms with Crippen LogP contribution < -0.4 is 0 Å². The number of alkyl halides is 2. The maximum absolute atomic E-state index is 10.9. The van der Waals surface area contributed by atoms with E-state index in [2.05, 4.69) is 36.4 Å². The summed E-state index contributed by atoms with van der Waals surface area (Å²) in [5, 5.41) is 10.9. The molecule has 18 heavy (non-hydrogen) atoms. The van der Waals surface area contributed by atoms with Gasteiger partial charge >= 0.3 is 0 Å². The molecule has 2 saturated carbocycles. The molecule has 5 atom stereocenters. The standard InChI is InChI=1S/C15H24BrClO/c1-10-5-6-14(4,18)15(11(10)2)8-7-13(3,17)12(16)9-15/h10,12,18H,2,5-9H2,1,3-4H3/t10-,12+,13?,14?,15?/m0/s1. The SMILES string of the molecule is C=C1[C@@H](C)CCC(C)(O)C12CCC(C)(Cl)[C@H](Br)C2. The van der Waals surface area contributed by atoms with E-state index >= 15 is 0 Å². The van der Waals surface area contributed by atoms with Gasteiger partial charge in [0.05, 0.1) is 10.5 Å². The van der Waals surface area contributed by atoms with Gasteiger partial charge in [-0.15, -0.1) is 11.6 Å². The zero-order chi connectivity index (χ0) is 13.8. The minimum Gasteiger partial charge on any atom is -0.389 e. The summed E-state index contributed by atoms with van der Waals surface area (Å²) < 4.78 is 0. The molecule has 2 aliphatic carbocycles.